The van der Waals surface area contributed by atoms with Gasteiger partial charge in [-0.2, -0.15) is 0 Å². The Balaban J connectivity index is 2.27. The minimum Gasteiger partial charge on any atom is -0.478 e. The fourth-order valence-electron chi connectivity index (χ4n) is 2.45. The summed E-state index contributed by atoms with van der Waals surface area (Å²) in [6.45, 7) is 3.92. The summed E-state index contributed by atoms with van der Waals surface area (Å²) in [4.78, 5) is 12.5. The Labute approximate surface area is 129 Å². The van der Waals surface area contributed by atoms with E-state index in [1.54, 1.807) is 0 Å². The maximum absolute atomic E-state index is 12.1. The molecule has 118 valence electrons. The minimum atomic E-state index is -3.49. The number of hydrogen-bond acceptors (Lipinski definition) is 4. The van der Waals surface area contributed by atoms with Gasteiger partial charge in [0.1, 0.15) is 5.00 Å². The second kappa shape index (κ2) is 6.36. The summed E-state index contributed by atoms with van der Waals surface area (Å²) in [7, 11) is -3.49. The normalized spacial score (nSPS) is 15.0. The van der Waals surface area contributed by atoms with Crippen LogP contribution in [0.1, 0.15) is 53.9 Å². The zero-order chi connectivity index (χ0) is 15.6. The quantitative estimate of drug-likeness (QED) is 0.839. The Kier molecular flexibility index (Phi) is 4.93. The first-order valence-corrected chi connectivity index (χ1v) is 9.65. The van der Waals surface area contributed by atoms with E-state index in [9.17, 15) is 18.3 Å². The molecule has 0 aromatic carbocycles. The van der Waals surface area contributed by atoms with Gasteiger partial charge in [-0.05, 0) is 43.6 Å². The predicted molar refractivity (Wildman–Crippen MR) is 84.8 cm³/mol. The number of carbonyl (C=O) groups is 1. The summed E-state index contributed by atoms with van der Waals surface area (Å²) < 4.78 is 26.7. The third-order valence-electron chi connectivity index (χ3n) is 3.60. The molecule has 21 heavy (non-hydrogen) atoms. The van der Waals surface area contributed by atoms with Crippen molar-refractivity contribution < 1.29 is 18.3 Å². The van der Waals surface area contributed by atoms with Crippen LogP contribution in [0.2, 0.25) is 0 Å². The number of carboxylic acid groups (broad SMARTS) is 1. The van der Waals surface area contributed by atoms with Crippen molar-refractivity contribution >= 4 is 32.3 Å². The zero-order valence-electron chi connectivity index (χ0n) is 12.3. The van der Waals surface area contributed by atoms with Crippen LogP contribution in [-0.4, -0.2) is 25.2 Å². The van der Waals surface area contributed by atoms with Gasteiger partial charge < -0.3 is 5.11 Å². The van der Waals surface area contributed by atoms with E-state index >= 15 is 0 Å². The molecule has 1 aromatic heterocycles. The van der Waals surface area contributed by atoms with E-state index < -0.39 is 16.0 Å². The van der Waals surface area contributed by atoms with Crippen LogP contribution in [0.3, 0.4) is 0 Å². The number of carboxylic acids is 1. The third-order valence-corrected chi connectivity index (χ3v) is 6.22. The first-order chi connectivity index (χ1) is 9.80. The Morgan fingerprint density at radius 2 is 2.00 bits per heavy atom. The smallest absolute Gasteiger partial charge is 0.339 e. The van der Waals surface area contributed by atoms with E-state index in [0.29, 0.717) is 6.42 Å². The highest BCUT2D eigenvalue weighted by atomic mass is 32.2. The first-order valence-electron chi connectivity index (χ1n) is 7.18. The molecule has 1 aromatic rings. The molecule has 0 atom stereocenters. The van der Waals surface area contributed by atoms with Crippen molar-refractivity contribution in [2.45, 2.75) is 46.0 Å². The van der Waals surface area contributed by atoms with Gasteiger partial charge in [0.25, 0.3) is 0 Å². The molecule has 0 aliphatic heterocycles. The average molecular weight is 331 g/mol. The molecule has 1 aliphatic carbocycles. The SMILES string of the molecule is CC(C)CCS(=O)(=O)Nc1sc2c(c1C(=O)O)CCCC2. The molecule has 0 spiro atoms. The number of nitrogens with one attached hydrogen (secondary N) is 1. The lowest BCUT2D eigenvalue weighted by molar-refractivity contribution is 0.0697. The molecule has 1 aliphatic rings. The van der Waals surface area contributed by atoms with Crippen molar-refractivity contribution in [2.24, 2.45) is 5.92 Å². The summed E-state index contributed by atoms with van der Waals surface area (Å²) in [5, 5.41) is 9.67. The van der Waals surface area contributed by atoms with Gasteiger partial charge in [0.05, 0.1) is 11.3 Å². The molecule has 0 saturated carbocycles. The van der Waals surface area contributed by atoms with Crippen LogP contribution in [0.4, 0.5) is 5.00 Å². The maximum Gasteiger partial charge on any atom is 0.339 e. The van der Waals surface area contributed by atoms with Gasteiger partial charge in [-0.3, -0.25) is 4.72 Å². The Morgan fingerprint density at radius 1 is 1.33 bits per heavy atom. The predicted octanol–water partition coefficient (Wildman–Crippen LogP) is 3.11. The minimum absolute atomic E-state index is 0.0201. The molecule has 5 nitrogen and oxygen atoms in total. The van der Waals surface area contributed by atoms with Crippen LogP contribution in [0.15, 0.2) is 0 Å². The second-order valence-electron chi connectivity index (χ2n) is 5.82. The van der Waals surface area contributed by atoms with Gasteiger partial charge in [-0.15, -0.1) is 11.3 Å². The number of fused-ring (bicyclic) bond motifs is 1. The van der Waals surface area contributed by atoms with Crippen LogP contribution in [0, 0.1) is 5.92 Å². The molecule has 1 heterocycles. The Morgan fingerprint density at radius 3 is 2.62 bits per heavy atom. The molecule has 2 rings (SSSR count). The van der Waals surface area contributed by atoms with Crippen LogP contribution < -0.4 is 4.72 Å². The number of rotatable bonds is 6. The fourth-order valence-corrected chi connectivity index (χ4v) is 5.40. The van der Waals surface area contributed by atoms with Crippen molar-refractivity contribution in [3.8, 4) is 0 Å². The number of aryl methyl sites for hydroxylation is 1. The molecular weight excluding hydrogens is 310 g/mol. The van der Waals surface area contributed by atoms with Crippen molar-refractivity contribution in [1.29, 1.82) is 0 Å². The molecule has 0 fully saturated rings. The number of aromatic carboxylic acids is 1. The van der Waals surface area contributed by atoms with Gasteiger partial charge in [0, 0.05) is 4.88 Å². The van der Waals surface area contributed by atoms with E-state index in [2.05, 4.69) is 4.72 Å². The van der Waals surface area contributed by atoms with Crippen LogP contribution in [0.25, 0.3) is 0 Å². The van der Waals surface area contributed by atoms with E-state index in [1.807, 2.05) is 13.8 Å². The van der Waals surface area contributed by atoms with E-state index in [4.69, 9.17) is 0 Å². The lowest BCUT2D eigenvalue weighted by Crippen LogP contribution is -2.19. The molecule has 0 bridgehead atoms. The lowest BCUT2D eigenvalue weighted by atomic mass is 9.96. The average Bonchev–Trinajstić information content (AvgIpc) is 2.73. The Hall–Kier alpha value is -1.08. The largest absolute Gasteiger partial charge is 0.478 e. The Bertz CT molecular complexity index is 632. The van der Waals surface area contributed by atoms with E-state index in [-0.39, 0.29) is 22.2 Å². The molecule has 7 heteroatoms. The number of thiophene rings is 1. The summed E-state index contributed by atoms with van der Waals surface area (Å²) >= 11 is 1.28. The standard InChI is InChI=1S/C14H21NO4S2/c1-9(2)7-8-21(18,19)15-13-12(14(16)17)10-5-3-4-6-11(10)20-13/h9,15H,3-8H2,1-2H3,(H,16,17). The molecule has 0 saturated heterocycles. The fraction of sp³-hybridized carbons (Fsp3) is 0.643. The highest BCUT2D eigenvalue weighted by Gasteiger charge is 2.27. The number of hydrogen-bond donors (Lipinski definition) is 2. The monoisotopic (exact) mass is 331 g/mol. The first kappa shape index (κ1) is 16.3. The second-order valence-corrected chi connectivity index (χ2v) is 8.77. The zero-order valence-corrected chi connectivity index (χ0v) is 13.9. The van der Waals surface area contributed by atoms with Gasteiger partial charge in [0.2, 0.25) is 10.0 Å². The van der Waals surface area contributed by atoms with Crippen molar-refractivity contribution in [1.82, 2.24) is 0 Å². The highest BCUT2D eigenvalue weighted by molar-refractivity contribution is 7.92. The summed E-state index contributed by atoms with van der Waals surface area (Å²) in [5.41, 5.74) is 0.975. The van der Waals surface area contributed by atoms with Crippen molar-refractivity contribution in [2.75, 3.05) is 10.5 Å². The summed E-state index contributed by atoms with van der Waals surface area (Å²) in [5.74, 6) is -0.736. The van der Waals surface area contributed by atoms with Gasteiger partial charge in [-0.25, -0.2) is 13.2 Å². The summed E-state index contributed by atoms with van der Waals surface area (Å²) in [6.07, 6.45) is 4.12. The topological polar surface area (TPSA) is 83.5 Å². The lowest BCUT2D eigenvalue weighted by Gasteiger charge is -2.11. The molecular formula is C14H21NO4S2. The maximum atomic E-state index is 12.1. The van der Waals surface area contributed by atoms with Crippen LogP contribution in [-0.2, 0) is 22.9 Å². The number of anilines is 1. The van der Waals surface area contributed by atoms with Gasteiger partial charge in [0.15, 0.2) is 0 Å². The highest BCUT2D eigenvalue weighted by Crippen LogP contribution is 2.38. The van der Waals surface area contributed by atoms with Crippen molar-refractivity contribution in [3.63, 3.8) is 0 Å². The number of sulfonamides is 1. The van der Waals surface area contributed by atoms with E-state index in [1.165, 1.54) is 11.3 Å². The molecule has 0 radical (unpaired) electrons. The molecule has 0 amide bonds. The van der Waals surface area contributed by atoms with Gasteiger partial charge >= 0.3 is 5.97 Å². The van der Waals surface area contributed by atoms with Crippen molar-refractivity contribution in [3.05, 3.63) is 16.0 Å². The van der Waals surface area contributed by atoms with Crippen LogP contribution >= 0.6 is 11.3 Å². The van der Waals surface area contributed by atoms with E-state index in [0.717, 1.165) is 36.1 Å². The summed E-state index contributed by atoms with van der Waals surface area (Å²) in [6, 6.07) is 0. The van der Waals surface area contributed by atoms with Gasteiger partial charge in [-0.1, -0.05) is 13.8 Å². The molecule has 2 N–H and O–H groups in total. The third kappa shape index (κ3) is 3.97. The molecule has 0 unspecified atom stereocenters. The van der Waals surface area contributed by atoms with Crippen LogP contribution in [0.5, 0.6) is 0 Å².